The lowest BCUT2D eigenvalue weighted by Gasteiger charge is -2.40. The largest absolute Gasteiger partial charge is 0.480 e. The molecule has 0 amide bonds. The van der Waals surface area contributed by atoms with Crippen molar-refractivity contribution in [3.63, 3.8) is 0 Å². The second kappa shape index (κ2) is 8.08. The van der Waals surface area contributed by atoms with Crippen LogP contribution in [0.5, 0.6) is 0 Å². The van der Waals surface area contributed by atoms with Gasteiger partial charge in [-0.1, -0.05) is 19.1 Å². The molecular formula is C21H22N4O4S. The number of nitro benzene ring substituents is 1. The first-order valence-corrected chi connectivity index (χ1v) is 10.7. The highest BCUT2D eigenvalue weighted by molar-refractivity contribution is 7.16. The van der Waals surface area contributed by atoms with Gasteiger partial charge in [0, 0.05) is 36.3 Å². The minimum Gasteiger partial charge on any atom is -0.480 e. The number of hydrogen-bond acceptors (Lipinski definition) is 7. The minimum atomic E-state index is -1.10. The van der Waals surface area contributed by atoms with Crippen LogP contribution in [0.2, 0.25) is 0 Å². The quantitative estimate of drug-likeness (QED) is 0.453. The summed E-state index contributed by atoms with van der Waals surface area (Å²) >= 11 is 1.48. The van der Waals surface area contributed by atoms with Gasteiger partial charge in [-0.15, -0.1) is 11.3 Å². The smallest absolute Gasteiger partial charge is 0.317 e. The van der Waals surface area contributed by atoms with E-state index >= 15 is 0 Å². The van der Waals surface area contributed by atoms with Gasteiger partial charge in [-0.3, -0.25) is 14.9 Å². The molecule has 8 nitrogen and oxygen atoms in total. The second-order valence-corrected chi connectivity index (χ2v) is 8.79. The number of carboxylic acids is 1. The third-order valence-corrected chi connectivity index (χ3v) is 6.80. The molecule has 0 radical (unpaired) electrons. The summed E-state index contributed by atoms with van der Waals surface area (Å²) in [7, 11) is 0. The fourth-order valence-electron chi connectivity index (χ4n) is 4.29. The van der Waals surface area contributed by atoms with Gasteiger partial charge in [0.05, 0.1) is 4.92 Å². The van der Waals surface area contributed by atoms with Gasteiger partial charge in [-0.2, -0.15) is 0 Å². The van der Waals surface area contributed by atoms with Gasteiger partial charge in [0.15, 0.2) is 0 Å². The van der Waals surface area contributed by atoms with Crippen LogP contribution in [-0.2, 0) is 16.8 Å². The highest BCUT2D eigenvalue weighted by atomic mass is 32.1. The molecule has 1 fully saturated rings. The maximum absolute atomic E-state index is 12.3. The number of aromatic nitrogens is 2. The molecule has 2 heterocycles. The van der Waals surface area contributed by atoms with Crippen LogP contribution >= 0.6 is 11.3 Å². The van der Waals surface area contributed by atoms with E-state index in [1.54, 1.807) is 18.3 Å². The summed E-state index contributed by atoms with van der Waals surface area (Å²) in [6.07, 6.45) is 3.24. The Morgan fingerprint density at radius 3 is 3.00 bits per heavy atom. The van der Waals surface area contributed by atoms with E-state index in [0.717, 1.165) is 15.8 Å². The Labute approximate surface area is 177 Å². The number of fused-ring (bicyclic) bond motifs is 1. The average molecular weight is 426 g/mol. The maximum atomic E-state index is 12.3. The van der Waals surface area contributed by atoms with Crippen molar-refractivity contribution < 1.29 is 14.8 Å². The lowest BCUT2D eigenvalue weighted by molar-refractivity contribution is -0.384. The molecule has 3 aromatic rings. The molecule has 1 aliphatic carbocycles. The van der Waals surface area contributed by atoms with E-state index in [1.807, 2.05) is 24.4 Å². The van der Waals surface area contributed by atoms with Crippen molar-refractivity contribution >= 4 is 33.2 Å². The number of rotatable bonds is 6. The number of aliphatic carboxylic acids is 1. The van der Waals surface area contributed by atoms with Crippen molar-refractivity contribution in [1.29, 1.82) is 0 Å². The Morgan fingerprint density at radius 1 is 1.43 bits per heavy atom. The van der Waals surface area contributed by atoms with E-state index in [0.29, 0.717) is 31.6 Å². The van der Waals surface area contributed by atoms with Crippen LogP contribution in [0.15, 0.2) is 41.9 Å². The van der Waals surface area contributed by atoms with E-state index in [9.17, 15) is 20.0 Å². The highest BCUT2D eigenvalue weighted by Crippen LogP contribution is 2.41. The zero-order valence-corrected chi connectivity index (χ0v) is 17.3. The van der Waals surface area contributed by atoms with Crippen LogP contribution in [0.1, 0.15) is 37.6 Å². The van der Waals surface area contributed by atoms with Crippen LogP contribution in [0.25, 0.3) is 10.2 Å². The number of carbonyl (C=O) groups is 1. The lowest BCUT2D eigenvalue weighted by Crippen LogP contribution is -2.49. The van der Waals surface area contributed by atoms with Gasteiger partial charge < -0.3 is 10.4 Å². The van der Waals surface area contributed by atoms with Crippen molar-refractivity contribution in [2.24, 2.45) is 5.92 Å². The summed E-state index contributed by atoms with van der Waals surface area (Å²) in [6, 6.07) is 8.59. The molecule has 0 aliphatic heterocycles. The molecule has 1 aromatic carbocycles. The minimum absolute atomic E-state index is 0.0667. The van der Waals surface area contributed by atoms with Crippen LogP contribution in [-0.4, -0.2) is 32.0 Å². The number of benzene rings is 1. The summed E-state index contributed by atoms with van der Waals surface area (Å²) < 4.78 is 0. The Kier molecular flexibility index (Phi) is 5.48. The fourth-order valence-corrected chi connectivity index (χ4v) is 5.03. The van der Waals surface area contributed by atoms with Crippen molar-refractivity contribution in [2.45, 2.75) is 44.2 Å². The topological polar surface area (TPSA) is 118 Å². The molecule has 156 valence electrons. The van der Waals surface area contributed by atoms with E-state index < -0.39 is 16.3 Å². The molecule has 2 N–H and O–H groups in total. The van der Waals surface area contributed by atoms with Crippen molar-refractivity contribution in [3.05, 3.63) is 63.4 Å². The predicted molar refractivity (Wildman–Crippen MR) is 113 cm³/mol. The standard InChI is InChI=1S/C21H22N4O4S/c1-13-10-21(20(26)27,19-23-12-15-6-8-30-18(15)24-19)7-5-17(13)22-11-14-3-2-4-16(9-14)25(28)29/h2-4,6,8-9,12-13,17,22H,5,7,10-11H2,1H3,(H,26,27). The molecule has 0 saturated heterocycles. The SMILES string of the molecule is CC1CC(C(=O)O)(c2ncc3ccsc3n2)CCC1NCc1cccc([N+](=O)[O-])c1. The van der Waals surface area contributed by atoms with Crippen LogP contribution in [0.4, 0.5) is 5.69 Å². The van der Waals surface area contributed by atoms with Gasteiger partial charge in [-0.05, 0) is 42.2 Å². The molecule has 3 atom stereocenters. The van der Waals surface area contributed by atoms with Crippen LogP contribution < -0.4 is 5.32 Å². The number of nitrogens with zero attached hydrogens (tertiary/aromatic N) is 3. The summed E-state index contributed by atoms with van der Waals surface area (Å²) in [6.45, 7) is 2.53. The van der Waals surface area contributed by atoms with Gasteiger partial charge in [0.1, 0.15) is 16.1 Å². The Balaban J connectivity index is 1.49. The van der Waals surface area contributed by atoms with Gasteiger partial charge in [0.25, 0.3) is 5.69 Å². The van der Waals surface area contributed by atoms with E-state index in [1.165, 1.54) is 17.4 Å². The number of carboxylic acid groups (broad SMARTS) is 1. The lowest BCUT2D eigenvalue weighted by atomic mass is 9.67. The number of thiophene rings is 1. The van der Waals surface area contributed by atoms with Crippen LogP contribution in [0, 0.1) is 16.0 Å². The normalized spacial score (nSPS) is 24.0. The van der Waals surface area contributed by atoms with Gasteiger partial charge in [0.2, 0.25) is 0 Å². The van der Waals surface area contributed by atoms with Crippen LogP contribution in [0.3, 0.4) is 0 Å². The van der Waals surface area contributed by atoms with E-state index in [-0.39, 0.29) is 17.6 Å². The third-order valence-electron chi connectivity index (χ3n) is 5.97. The molecule has 2 aromatic heterocycles. The Morgan fingerprint density at radius 2 is 2.27 bits per heavy atom. The predicted octanol–water partition coefficient (Wildman–Crippen LogP) is 3.90. The molecule has 0 bridgehead atoms. The fraction of sp³-hybridized carbons (Fsp3) is 0.381. The summed E-state index contributed by atoms with van der Waals surface area (Å²) in [5.41, 5.74) is -0.198. The molecule has 1 aliphatic rings. The summed E-state index contributed by atoms with van der Waals surface area (Å²) in [5.74, 6) is -0.424. The summed E-state index contributed by atoms with van der Waals surface area (Å²) in [4.78, 5) is 32.7. The molecule has 3 unspecified atom stereocenters. The first-order chi connectivity index (χ1) is 14.4. The molecule has 1 saturated carbocycles. The highest BCUT2D eigenvalue weighted by Gasteiger charge is 2.48. The van der Waals surface area contributed by atoms with E-state index in [4.69, 9.17) is 0 Å². The van der Waals surface area contributed by atoms with Crippen molar-refractivity contribution in [3.8, 4) is 0 Å². The number of nitrogens with one attached hydrogen (secondary N) is 1. The first-order valence-electron chi connectivity index (χ1n) is 9.80. The monoisotopic (exact) mass is 426 g/mol. The average Bonchev–Trinajstić information content (AvgIpc) is 3.20. The summed E-state index contributed by atoms with van der Waals surface area (Å²) in [5, 5.41) is 27.4. The maximum Gasteiger partial charge on any atom is 0.317 e. The third kappa shape index (κ3) is 3.78. The molecule has 9 heteroatoms. The van der Waals surface area contributed by atoms with E-state index in [2.05, 4.69) is 15.3 Å². The van der Waals surface area contributed by atoms with Gasteiger partial charge in [-0.25, -0.2) is 9.97 Å². The number of nitro groups is 1. The van der Waals surface area contributed by atoms with Gasteiger partial charge >= 0.3 is 5.97 Å². The number of non-ortho nitro benzene ring substituents is 1. The first kappa shape index (κ1) is 20.4. The molecule has 4 rings (SSSR count). The molecule has 30 heavy (non-hydrogen) atoms. The van der Waals surface area contributed by atoms with Crippen molar-refractivity contribution in [2.75, 3.05) is 0 Å². The molecular weight excluding hydrogens is 404 g/mol. The zero-order chi connectivity index (χ0) is 21.3. The Hall–Kier alpha value is -2.91. The Bertz CT molecular complexity index is 1100. The van der Waals surface area contributed by atoms with Crippen molar-refractivity contribution in [1.82, 2.24) is 15.3 Å². The molecule has 0 spiro atoms. The number of hydrogen-bond donors (Lipinski definition) is 2. The zero-order valence-electron chi connectivity index (χ0n) is 16.4. The second-order valence-electron chi connectivity index (χ2n) is 7.90.